The van der Waals surface area contributed by atoms with Gasteiger partial charge >= 0.3 is 0 Å². The molecule has 9 heteroatoms. The van der Waals surface area contributed by atoms with Gasteiger partial charge in [-0.25, -0.2) is 0 Å². The van der Waals surface area contributed by atoms with Crippen molar-refractivity contribution in [2.75, 3.05) is 0 Å². The first kappa shape index (κ1) is 16.8. The van der Waals surface area contributed by atoms with Gasteiger partial charge in [0.2, 0.25) is 17.6 Å². The second kappa shape index (κ2) is 6.56. The van der Waals surface area contributed by atoms with Crippen LogP contribution >= 0.6 is 11.8 Å². The lowest BCUT2D eigenvalue weighted by Gasteiger charge is -2.11. The van der Waals surface area contributed by atoms with Gasteiger partial charge in [0.1, 0.15) is 0 Å². The summed E-state index contributed by atoms with van der Waals surface area (Å²) in [5.74, 6) is 1.61. The number of aryl methyl sites for hydroxylation is 2. The Morgan fingerprint density at radius 2 is 2.00 bits per heavy atom. The molecule has 0 spiro atoms. The topological polar surface area (TPSA) is 91.1 Å². The summed E-state index contributed by atoms with van der Waals surface area (Å²) in [6.07, 6.45) is 0.834. The molecule has 1 unspecified atom stereocenters. The van der Waals surface area contributed by atoms with Gasteiger partial charge < -0.3 is 4.42 Å². The van der Waals surface area contributed by atoms with E-state index in [0.29, 0.717) is 34.6 Å². The number of para-hydroxylation sites is 1. The minimum absolute atomic E-state index is 0.0422. The number of thioether (sulfide) groups is 1. The van der Waals surface area contributed by atoms with E-state index >= 15 is 0 Å². The van der Waals surface area contributed by atoms with Crippen LogP contribution in [0.15, 0.2) is 38.6 Å². The number of benzene rings is 1. The number of hydrogen-bond acceptors (Lipinski definition) is 7. The molecule has 0 saturated carbocycles. The molecule has 26 heavy (non-hydrogen) atoms. The van der Waals surface area contributed by atoms with Gasteiger partial charge in [-0.1, -0.05) is 30.8 Å². The lowest BCUT2D eigenvalue weighted by molar-refractivity contribution is 0.470. The number of nitrogens with zero attached hydrogens (tertiary/aromatic N) is 6. The highest BCUT2D eigenvalue weighted by Crippen LogP contribution is 2.34. The van der Waals surface area contributed by atoms with Crippen molar-refractivity contribution in [2.24, 2.45) is 0 Å². The Balaban J connectivity index is 1.90. The van der Waals surface area contributed by atoms with Crippen LogP contribution in [0.5, 0.6) is 0 Å². The molecule has 4 aromatic rings. The summed E-state index contributed by atoms with van der Waals surface area (Å²) in [5, 5.41) is 17.8. The van der Waals surface area contributed by atoms with Gasteiger partial charge in [-0.3, -0.25) is 13.8 Å². The maximum atomic E-state index is 12.8. The van der Waals surface area contributed by atoms with Crippen molar-refractivity contribution < 1.29 is 4.42 Å². The fourth-order valence-electron chi connectivity index (χ4n) is 2.92. The summed E-state index contributed by atoms with van der Waals surface area (Å²) in [5.41, 5.74) is 0.751. The van der Waals surface area contributed by atoms with Crippen molar-refractivity contribution in [3.63, 3.8) is 0 Å². The molecular formula is C17H18N6O2S. The molecule has 4 rings (SSSR count). The number of fused-ring (bicyclic) bond motifs is 3. The van der Waals surface area contributed by atoms with Crippen LogP contribution in [0, 0.1) is 6.92 Å². The summed E-state index contributed by atoms with van der Waals surface area (Å²) in [4.78, 5) is 12.8. The van der Waals surface area contributed by atoms with E-state index in [1.54, 1.807) is 11.5 Å². The molecule has 1 atom stereocenters. The predicted octanol–water partition coefficient (Wildman–Crippen LogP) is 3.00. The molecule has 0 N–H and O–H groups in total. The van der Waals surface area contributed by atoms with Crippen molar-refractivity contribution in [1.29, 1.82) is 0 Å². The van der Waals surface area contributed by atoms with Gasteiger partial charge in [-0.15, -0.1) is 20.4 Å². The van der Waals surface area contributed by atoms with Gasteiger partial charge in [-0.05, 0) is 25.5 Å². The fraction of sp³-hybridized carbons (Fsp3) is 0.353. The smallest absolute Gasteiger partial charge is 0.262 e. The summed E-state index contributed by atoms with van der Waals surface area (Å²) >= 11 is 1.47. The molecule has 3 aromatic heterocycles. The Morgan fingerprint density at radius 3 is 2.73 bits per heavy atom. The summed E-state index contributed by atoms with van der Waals surface area (Å²) in [7, 11) is 0. The quantitative estimate of drug-likeness (QED) is 0.499. The van der Waals surface area contributed by atoms with Gasteiger partial charge in [0.15, 0.2) is 5.16 Å². The third kappa shape index (κ3) is 2.68. The van der Waals surface area contributed by atoms with Gasteiger partial charge in [0, 0.05) is 13.5 Å². The van der Waals surface area contributed by atoms with Crippen molar-refractivity contribution in [3.8, 4) is 0 Å². The van der Waals surface area contributed by atoms with E-state index in [-0.39, 0.29) is 10.8 Å². The molecule has 0 bridgehead atoms. The zero-order valence-corrected chi connectivity index (χ0v) is 15.5. The minimum Gasteiger partial charge on any atom is -0.424 e. The first-order valence-electron chi connectivity index (χ1n) is 8.43. The number of hydrogen-bond donors (Lipinski definition) is 0. The summed E-state index contributed by atoms with van der Waals surface area (Å²) in [6.45, 7) is 6.36. The molecule has 0 fully saturated rings. The SMILES string of the molecule is CCCn1c(=O)c2ccccc2n2c(SC(C)c3nnc(C)o3)nnc12. The van der Waals surface area contributed by atoms with Crippen LogP contribution in [0.25, 0.3) is 16.7 Å². The maximum absolute atomic E-state index is 12.8. The highest BCUT2D eigenvalue weighted by molar-refractivity contribution is 7.99. The minimum atomic E-state index is -0.0890. The number of aromatic nitrogens is 6. The molecule has 0 aliphatic rings. The molecule has 0 radical (unpaired) electrons. The van der Waals surface area contributed by atoms with Crippen molar-refractivity contribution in [3.05, 3.63) is 46.4 Å². The normalized spacial score (nSPS) is 12.9. The van der Waals surface area contributed by atoms with Gasteiger partial charge in [0.25, 0.3) is 5.56 Å². The molecule has 3 heterocycles. The lowest BCUT2D eigenvalue weighted by atomic mass is 10.2. The summed E-state index contributed by atoms with van der Waals surface area (Å²) < 4.78 is 9.13. The average Bonchev–Trinajstić information content (AvgIpc) is 3.25. The Morgan fingerprint density at radius 1 is 1.19 bits per heavy atom. The average molecular weight is 370 g/mol. The Bertz CT molecular complexity index is 1150. The molecule has 0 aliphatic carbocycles. The fourth-order valence-corrected chi connectivity index (χ4v) is 3.81. The van der Waals surface area contributed by atoms with Gasteiger partial charge in [-0.2, -0.15) is 0 Å². The van der Waals surface area contributed by atoms with Gasteiger partial charge in [0.05, 0.1) is 16.2 Å². The monoisotopic (exact) mass is 370 g/mol. The molecule has 1 aromatic carbocycles. The second-order valence-electron chi connectivity index (χ2n) is 6.01. The highest BCUT2D eigenvalue weighted by Gasteiger charge is 2.21. The lowest BCUT2D eigenvalue weighted by Crippen LogP contribution is -2.23. The van der Waals surface area contributed by atoms with Crippen LogP contribution in [-0.2, 0) is 6.54 Å². The molecular weight excluding hydrogens is 352 g/mol. The van der Waals surface area contributed by atoms with Crippen LogP contribution in [0.1, 0.15) is 37.3 Å². The highest BCUT2D eigenvalue weighted by atomic mass is 32.2. The van der Waals surface area contributed by atoms with E-state index < -0.39 is 0 Å². The van der Waals surface area contributed by atoms with E-state index in [2.05, 4.69) is 20.4 Å². The summed E-state index contributed by atoms with van der Waals surface area (Å²) in [6, 6.07) is 7.52. The van der Waals surface area contributed by atoms with E-state index in [0.717, 1.165) is 11.9 Å². The Kier molecular flexibility index (Phi) is 4.23. The standard InChI is InChI=1S/C17H18N6O2S/c1-4-9-22-15(24)12-7-5-6-8-13(12)23-16(22)20-21-17(23)26-10(2)14-19-18-11(3)25-14/h5-8,10H,4,9H2,1-3H3. The van der Waals surface area contributed by atoms with Crippen LogP contribution in [-0.4, -0.2) is 29.4 Å². The van der Waals surface area contributed by atoms with Crippen molar-refractivity contribution in [1.82, 2.24) is 29.4 Å². The molecule has 8 nitrogen and oxygen atoms in total. The van der Waals surface area contributed by atoms with Crippen molar-refractivity contribution in [2.45, 2.75) is 44.1 Å². The third-order valence-electron chi connectivity index (χ3n) is 4.10. The van der Waals surface area contributed by atoms with E-state index in [1.807, 2.05) is 42.5 Å². The first-order chi connectivity index (χ1) is 12.6. The molecule has 0 saturated heterocycles. The largest absolute Gasteiger partial charge is 0.424 e. The third-order valence-corrected chi connectivity index (χ3v) is 5.13. The molecule has 0 amide bonds. The van der Waals surface area contributed by atoms with Crippen LogP contribution in [0.2, 0.25) is 0 Å². The van der Waals surface area contributed by atoms with E-state index in [4.69, 9.17) is 4.42 Å². The zero-order valence-electron chi connectivity index (χ0n) is 14.7. The van der Waals surface area contributed by atoms with E-state index in [9.17, 15) is 4.79 Å². The second-order valence-corrected chi connectivity index (χ2v) is 7.32. The van der Waals surface area contributed by atoms with Crippen LogP contribution in [0.4, 0.5) is 0 Å². The molecule has 134 valence electrons. The first-order valence-corrected chi connectivity index (χ1v) is 9.31. The van der Waals surface area contributed by atoms with Crippen LogP contribution < -0.4 is 5.56 Å². The zero-order chi connectivity index (χ0) is 18.3. The van der Waals surface area contributed by atoms with Crippen LogP contribution in [0.3, 0.4) is 0 Å². The molecule has 0 aliphatic heterocycles. The Labute approximate surface area is 153 Å². The maximum Gasteiger partial charge on any atom is 0.262 e. The van der Waals surface area contributed by atoms with Crippen molar-refractivity contribution >= 4 is 28.4 Å². The predicted molar refractivity (Wildman–Crippen MR) is 98.4 cm³/mol. The Hall–Kier alpha value is -2.68. The van der Waals surface area contributed by atoms with E-state index in [1.165, 1.54) is 11.8 Å². The number of rotatable bonds is 5.